The lowest BCUT2D eigenvalue weighted by Gasteiger charge is -2.09. The largest absolute Gasteiger partial charge is 0.480 e. The predicted molar refractivity (Wildman–Crippen MR) is 36.5 cm³/mol. The van der Waals surface area contributed by atoms with Crippen molar-refractivity contribution in [3.05, 3.63) is 0 Å². The van der Waals surface area contributed by atoms with Crippen LogP contribution in [0.2, 0.25) is 0 Å². The standard InChI is InChI=1S/C6H13NO3/c1-2-4(8)3-5(7)6(9)10/h4-5,8H,2-3,7H2,1H3,(H,9,10)/t4?,5-/m1/s1. The molecule has 4 heteroatoms. The molecule has 1 unspecified atom stereocenters. The van der Waals surface area contributed by atoms with Crippen LogP contribution in [-0.2, 0) is 4.79 Å². The summed E-state index contributed by atoms with van der Waals surface area (Å²) in [6.07, 6.45) is 0.0819. The molecule has 4 nitrogen and oxygen atoms in total. The molecule has 0 radical (unpaired) electrons. The van der Waals surface area contributed by atoms with Gasteiger partial charge < -0.3 is 15.9 Å². The molecule has 0 bridgehead atoms. The number of carbonyl (C=O) groups is 1. The Morgan fingerprint density at radius 2 is 2.20 bits per heavy atom. The molecule has 4 N–H and O–H groups in total. The van der Waals surface area contributed by atoms with Crippen LogP contribution in [-0.4, -0.2) is 28.3 Å². The van der Waals surface area contributed by atoms with Crippen molar-refractivity contribution in [3.63, 3.8) is 0 Å². The molecule has 0 rings (SSSR count). The Morgan fingerprint density at radius 1 is 1.70 bits per heavy atom. The van der Waals surface area contributed by atoms with Crippen molar-refractivity contribution >= 4 is 5.97 Å². The van der Waals surface area contributed by atoms with E-state index in [1.54, 1.807) is 6.92 Å². The Kier molecular flexibility index (Phi) is 3.99. The maximum atomic E-state index is 10.1. The number of rotatable bonds is 4. The van der Waals surface area contributed by atoms with Gasteiger partial charge in [0.05, 0.1) is 6.10 Å². The molecule has 0 amide bonds. The van der Waals surface area contributed by atoms with Crippen molar-refractivity contribution in [2.24, 2.45) is 5.73 Å². The van der Waals surface area contributed by atoms with Gasteiger partial charge in [-0.2, -0.15) is 0 Å². The highest BCUT2D eigenvalue weighted by atomic mass is 16.4. The number of aliphatic hydroxyl groups excluding tert-OH is 1. The van der Waals surface area contributed by atoms with Gasteiger partial charge in [-0.25, -0.2) is 0 Å². The van der Waals surface area contributed by atoms with Crippen molar-refractivity contribution in [1.82, 2.24) is 0 Å². The van der Waals surface area contributed by atoms with Crippen LogP contribution in [0.4, 0.5) is 0 Å². The van der Waals surface area contributed by atoms with Crippen molar-refractivity contribution in [3.8, 4) is 0 Å². The molecule has 60 valence electrons. The van der Waals surface area contributed by atoms with Crippen LogP contribution in [0.15, 0.2) is 0 Å². The van der Waals surface area contributed by atoms with Gasteiger partial charge in [0, 0.05) is 0 Å². The number of hydrogen-bond donors (Lipinski definition) is 3. The highest BCUT2D eigenvalue weighted by molar-refractivity contribution is 5.73. The van der Waals surface area contributed by atoms with E-state index in [2.05, 4.69) is 0 Å². The molecule has 2 atom stereocenters. The summed E-state index contributed by atoms with van der Waals surface area (Å²) in [5, 5.41) is 17.2. The fourth-order valence-corrected chi connectivity index (χ4v) is 0.561. The number of hydrogen-bond acceptors (Lipinski definition) is 3. The molecular formula is C6H13NO3. The zero-order valence-electron chi connectivity index (χ0n) is 5.95. The van der Waals surface area contributed by atoms with E-state index >= 15 is 0 Å². The van der Waals surface area contributed by atoms with Crippen LogP contribution in [0.5, 0.6) is 0 Å². The average molecular weight is 147 g/mol. The first-order chi connectivity index (χ1) is 4.57. The maximum Gasteiger partial charge on any atom is 0.320 e. The minimum atomic E-state index is -1.06. The van der Waals surface area contributed by atoms with Crippen LogP contribution < -0.4 is 5.73 Å². The molecule has 0 heterocycles. The number of aliphatic carboxylic acids is 1. The van der Waals surface area contributed by atoms with E-state index in [0.29, 0.717) is 6.42 Å². The fraction of sp³-hybridized carbons (Fsp3) is 0.833. The van der Waals surface area contributed by atoms with E-state index in [4.69, 9.17) is 15.9 Å². The Hall–Kier alpha value is -0.610. The second kappa shape index (κ2) is 4.24. The summed E-state index contributed by atoms with van der Waals surface area (Å²) in [7, 11) is 0. The third-order valence-electron chi connectivity index (χ3n) is 1.31. The van der Waals surface area contributed by atoms with Crippen LogP contribution in [0.25, 0.3) is 0 Å². The number of aliphatic hydroxyl groups is 1. The van der Waals surface area contributed by atoms with E-state index in [0.717, 1.165) is 0 Å². The van der Waals surface area contributed by atoms with Gasteiger partial charge in [0.1, 0.15) is 6.04 Å². The molecule has 0 aromatic rings. The van der Waals surface area contributed by atoms with Gasteiger partial charge in [-0.15, -0.1) is 0 Å². The summed E-state index contributed by atoms with van der Waals surface area (Å²) in [6, 6.07) is -0.935. The first-order valence-corrected chi connectivity index (χ1v) is 3.24. The van der Waals surface area contributed by atoms with Gasteiger partial charge >= 0.3 is 5.97 Å². The minimum absolute atomic E-state index is 0.131. The van der Waals surface area contributed by atoms with Gasteiger partial charge in [0.15, 0.2) is 0 Å². The van der Waals surface area contributed by atoms with Crippen molar-refractivity contribution in [1.29, 1.82) is 0 Å². The molecule has 0 aliphatic carbocycles. The first-order valence-electron chi connectivity index (χ1n) is 3.24. The lowest BCUT2D eigenvalue weighted by atomic mass is 10.1. The van der Waals surface area contributed by atoms with Crippen LogP contribution in [0.1, 0.15) is 19.8 Å². The van der Waals surface area contributed by atoms with Gasteiger partial charge in [0.25, 0.3) is 0 Å². The van der Waals surface area contributed by atoms with E-state index in [9.17, 15) is 4.79 Å². The topological polar surface area (TPSA) is 83.5 Å². The van der Waals surface area contributed by atoms with Crippen LogP contribution >= 0.6 is 0 Å². The van der Waals surface area contributed by atoms with E-state index in [1.165, 1.54) is 0 Å². The van der Waals surface area contributed by atoms with Crippen LogP contribution in [0.3, 0.4) is 0 Å². The number of carboxylic acid groups (broad SMARTS) is 1. The lowest BCUT2D eigenvalue weighted by Crippen LogP contribution is -2.33. The van der Waals surface area contributed by atoms with Gasteiger partial charge in [-0.3, -0.25) is 4.79 Å². The third-order valence-corrected chi connectivity index (χ3v) is 1.31. The average Bonchev–Trinajstić information content (AvgIpc) is 1.87. The SMILES string of the molecule is CCC(O)C[C@@H](N)C(=O)O. The second-order valence-corrected chi connectivity index (χ2v) is 2.24. The van der Waals surface area contributed by atoms with Crippen LogP contribution in [0, 0.1) is 0 Å². The molecule has 0 fully saturated rings. The third kappa shape index (κ3) is 3.42. The smallest absolute Gasteiger partial charge is 0.320 e. The molecule has 0 saturated heterocycles. The Morgan fingerprint density at radius 3 is 2.50 bits per heavy atom. The van der Waals surface area contributed by atoms with Crippen molar-refractivity contribution < 1.29 is 15.0 Å². The fourth-order valence-electron chi connectivity index (χ4n) is 0.561. The van der Waals surface area contributed by atoms with Gasteiger partial charge in [-0.1, -0.05) is 6.92 Å². The molecule has 0 saturated carbocycles. The summed E-state index contributed by atoms with van der Waals surface area (Å²) in [5.41, 5.74) is 5.13. The zero-order chi connectivity index (χ0) is 8.15. The van der Waals surface area contributed by atoms with Gasteiger partial charge in [-0.05, 0) is 12.8 Å². The molecule has 0 aliphatic heterocycles. The predicted octanol–water partition coefficient (Wildman–Crippen LogP) is -0.441. The Labute approximate surface area is 59.7 Å². The van der Waals surface area contributed by atoms with Crippen molar-refractivity contribution in [2.75, 3.05) is 0 Å². The minimum Gasteiger partial charge on any atom is -0.480 e. The van der Waals surface area contributed by atoms with Gasteiger partial charge in [0.2, 0.25) is 0 Å². The molecule has 0 spiro atoms. The normalized spacial score (nSPS) is 16.3. The van der Waals surface area contributed by atoms with E-state index < -0.39 is 18.1 Å². The Balaban J connectivity index is 3.56. The van der Waals surface area contributed by atoms with E-state index in [-0.39, 0.29) is 6.42 Å². The summed E-state index contributed by atoms with van der Waals surface area (Å²) in [5.74, 6) is -1.06. The summed E-state index contributed by atoms with van der Waals surface area (Å²) < 4.78 is 0. The van der Waals surface area contributed by atoms with Crippen molar-refractivity contribution in [2.45, 2.75) is 31.9 Å². The second-order valence-electron chi connectivity index (χ2n) is 2.24. The molecule has 0 aromatic carbocycles. The van der Waals surface area contributed by atoms with E-state index in [1.807, 2.05) is 0 Å². The summed E-state index contributed by atoms with van der Waals surface area (Å²) in [6.45, 7) is 1.78. The molecular weight excluding hydrogens is 134 g/mol. The maximum absolute atomic E-state index is 10.1. The number of nitrogens with two attached hydrogens (primary N) is 1. The lowest BCUT2D eigenvalue weighted by molar-refractivity contribution is -0.139. The quantitative estimate of drug-likeness (QED) is 0.503. The summed E-state index contributed by atoms with van der Waals surface area (Å²) in [4.78, 5) is 10.1. The zero-order valence-corrected chi connectivity index (χ0v) is 5.95. The Bertz CT molecular complexity index is 116. The molecule has 0 aromatic heterocycles. The number of carboxylic acids is 1. The summed E-state index contributed by atoms with van der Waals surface area (Å²) >= 11 is 0. The monoisotopic (exact) mass is 147 g/mol. The molecule has 0 aliphatic rings. The first kappa shape index (κ1) is 9.39. The molecule has 10 heavy (non-hydrogen) atoms. The highest BCUT2D eigenvalue weighted by Gasteiger charge is 2.14. The highest BCUT2D eigenvalue weighted by Crippen LogP contribution is 1.99.